The minimum Gasteiger partial charge on any atom is -0.338 e. The van der Waals surface area contributed by atoms with Crippen molar-refractivity contribution in [2.45, 2.75) is 57.5 Å². The Morgan fingerprint density at radius 3 is 2.57 bits per heavy atom. The monoisotopic (exact) mass is 286 g/mol. The number of para-hydroxylation sites is 1. The van der Waals surface area contributed by atoms with Crippen molar-refractivity contribution in [2.24, 2.45) is 0 Å². The number of anilines is 1. The Morgan fingerprint density at radius 2 is 1.90 bits per heavy atom. The van der Waals surface area contributed by atoms with Gasteiger partial charge in [0.2, 0.25) is 0 Å². The Hall–Kier alpha value is -1.84. The van der Waals surface area contributed by atoms with Crippen molar-refractivity contribution in [3.05, 3.63) is 29.8 Å². The molecule has 2 amide bonds. The minimum atomic E-state index is -0.695. The predicted octanol–water partition coefficient (Wildman–Crippen LogP) is 2.87. The second-order valence-electron chi connectivity index (χ2n) is 6.19. The van der Waals surface area contributed by atoms with Crippen LogP contribution in [0.2, 0.25) is 0 Å². The predicted molar refractivity (Wildman–Crippen MR) is 82.3 cm³/mol. The summed E-state index contributed by atoms with van der Waals surface area (Å²) in [5.74, 6) is -0.0562. The lowest BCUT2D eigenvalue weighted by molar-refractivity contribution is -0.124. The summed E-state index contributed by atoms with van der Waals surface area (Å²) in [6, 6.07) is 7.52. The minimum absolute atomic E-state index is 0.0626. The molecule has 1 aliphatic carbocycles. The Bertz CT molecular complexity index is 576. The number of hydrogen-bond donors (Lipinski definition) is 1. The van der Waals surface area contributed by atoms with Crippen LogP contribution in [0.15, 0.2) is 24.3 Å². The molecule has 21 heavy (non-hydrogen) atoms. The highest BCUT2D eigenvalue weighted by molar-refractivity contribution is 6.13. The maximum absolute atomic E-state index is 13.2. The molecule has 4 heteroatoms. The summed E-state index contributed by atoms with van der Waals surface area (Å²) in [6.45, 7) is 4.12. The van der Waals surface area contributed by atoms with E-state index in [1.165, 1.54) is 0 Å². The summed E-state index contributed by atoms with van der Waals surface area (Å²) >= 11 is 0. The first-order chi connectivity index (χ1) is 10.1. The molecule has 1 unspecified atom stereocenters. The van der Waals surface area contributed by atoms with E-state index in [1.807, 2.05) is 30.0 Å². The largest absolute Gasteiger partial charge is 0.338 e. The van der Waals surface area contributed by atoms with Crippen LogP contribution >= 0.6 is 0 Å². The summed E-state index contributed by atoms with van der Waals surface area (Å²) in [4.78, 5) is 27.6. The van der Waals surface area contributed by atoms with Crippen molar-refractivity contribution >= 4 is 17.5 Å². The summed E-state index contributed by atoms with van der Waals surface area (Å²) in [7, 11) is 0. The van der Waals surface area contributed by atoms with E-state index < -0.39 is 5.54 Å². The maximum Gasteiger partial charge on any atom is 0.254 e. The maximum atomic E-state index is 13.2. The van der Waals surface area contributed by atoms with Gasteiger partial charge in [-0.2, -0.15) is 0 Å². The summed E-state index contributed by atoms with van der Waals surface area (Å²) in [5, 5.41) is 3.04. The van der Waals surface area contributed by atoms with Gasteiger partial charge in [-0.3, -0.25) is 9.59 Å². The van der Waals surface area contributed by atoms with Gasteiger partial charge in [-0.25, -0.2) is 0 Å². The Balaban J connectivity index is 2.15. The van der Waals surface area contributed by atoms with E-state index in [0.29, 0.717) is 5.56 Å². The van der Waals surface area contributed by atoms with Gasteiger partial charge >= 0.3 is 0 Å². The van der Waals surface area contributed by atoms with E-state index in [9.17, 15) is 9.59 Å². The first-order valence-corrected chi connectivity index (χ1v) is 7.84. The Labute approximate surface area is 125 Å². The molecule has 1 aromatic rings. The molecule has 1 fully saturated rings. The number of hydrogen-bond acceptors (Lipinski definition) is 2. The van der Waals surface area contributed by atoms with Crippen LogP contribution in [0.4, 0.5) is 5.69 Å². The molecule has 2 aliphatic rings. The van der Waals surface area contributed by atoms with E-state index in [-0.39, 0.29) is 17.9 Å². The van der Waals surface area contributed by atoms with E-state index in [2.05, 4.69) is 12.2 Å². The highest BCUT2D eigenvalue weighted by atomic mass is 16.2. The molecule has 0 radical (unpaired) electrons. The lowest BCUT2D eigenvalue weighted by Gasteiger charge is -2.35. The third-order valence-electron chi connectivity index (χ3n) is 4.88. The zero-order valence-corrected chi connectivity index (χ0v) is 12.7. The zero-order chi connectivity index (χ0) is 15.0. The van der Waals surface area contributed by atoms with Gasteiger partial charge in [0.1, 0.15) is 5.54 Å². The molecule has 0 saturated heterocycles. The van der Waals surface area contributed by atoms with Gasteiger partial charge in [-0.15, -0.1) is 0 Å². The molecule has 1 aliphatic heterocycles. The molecule has 3 rings (SSSR count). The van der Waals surface area contributed by atoms with Gasteiger partial charge in [0, 0.05) is 6.04 Å². The molecule has 0 aromatic heterocycles. The molecular weight excluding hydrogens is 264 g/mol. The lowest BCUT2D eigenvalue weighted by atomic mass is 9.95. The van der Waals surface area contributed by atoms with Crippen LogP contribution in [0.1, 0.15) is 56.3 Å². The van der Waals surface area contributed by atoms with Crippen molar-refractivity contribution in [1.29, 1.82) is 0 Å². The number of nitrogens with zero attached hydrogens (tertiary/aromatic N) is 1. The highest BCUT2D eigenvalue weighted by Crippen LogP contribution is 2.37. The SMILES string of the molecule is CCC(C)N1C(=O)C2(CCCC2)NC(=O)c2ccccc21. The molecule has 1 saturated carbocycles. The Kier molecular flexibility index (Phi) is 3.47. The van der Waals surface area contributed by atoms with Gasteiger partial charge < -0.3 is 10.2 Å². The molecule has 0 bridgehead atoms. The van der Waals surface area contributed by atoms with Gasteiger partial charge in [-0.05, 0) is 38.3 Å². The van der Waals surface area contributed by atoms with Crippen molar-refractivity contribution in [3.8, 4) is 0 Å². The molecule has 1 heterocycles. The second kappa shape index (κ2) is 5.17. The van der Waals surface area contributed by atoms with E-state index in [4.69, 9.17) is 0 Å². The molecule has 1 aromatic carbocycles. The number of rotatable bonds is 2. The molecule has 1 spiro atoms. The van der Waals surface area contributed by atoms with E-state index in [0.717, 1.165) is 37.8 Å². The number of benzene rings is 1. The van der Waals surface area contributed by atoms with Gasteiger partial charge in [0.05, 0.1) is 11.3 Å². The van der Waals surface area contributed by atoms with Crippen LogP contribution in [0, 0.1) is 0 Å². The smallest absolute Gasteiger partial charge is 0.254 e. The normalized spacial score (nSPS) is 21.9. The van der Waals surface area contributed by atoms with E-state index in [1.54, 1.807) is 6.07 Å². The third-order valence-corrected chi connectivity index (χ3v) is 4.88. The van der Waals surface area contributed by atoms with Crippen LogP contribution in [-0.4, -0.2) is 23.4 Å². The topological polar surface area (TPSA) is 49.4 Å². The first-order valence-electron chi connectivity index (χ1n) is 7.84. The molecule has 1 atom stereocenters. The summed E-state index contributed by atoms with van der Waals surface area (Å²) < 4.78 is 0. The number of amides is 2. The zero-order valence-electron chi connectivity index (χ0n) is 12.7. The number of carbonyl (C=O) groups is 2. The van der Waals surface area contributed by atoms with Gasteiger partial charge in [0.15, 0.2) is 0 Å². The average Bonchev–Trinajstić information content (AvgIpc) is 2.94. The van der Waals surface area contributed by atoms with Crippen LogP contribution in [0.25, 0.3) is 0 Å². The molecule has 4 nitrogen and oxygen atoms in total. The van der Waals surface area contributed by atoms with Crippen molar-refractivity contribution in [3.63, 3.8) is 0 Å². The van der Waals surface area contributed by atoms with Crippen LogP contribution < -0.4 is 10.2 Å². The standard InChI is InChI=1S/C17H22N2O2/c1-3-12(2)19-14-9-5-4-8-13(14)15(20)18-17(16(19)21)10-6-7-11-17/h4-5,8-9,12H,3,6-7,10-11H2,1-2H3,(H,18,20). The molecular formula is C17H22N2O2. The van der Waals surface area contributed by atoms with Crippen LogP contribution in [-0.2, 0) is 4.79 Å². The molecule has 1 N–H and O–H groups in total. The molecule has 112 valence electrons. The van der Waals surface area contributed by atoms with Crippen molar-refractivity contribution in [2.75, 3.05) is 4.90 Å². The quantitative estimate of drug-likeness (QED) is 0.909. The van der Waals surface area contributed by atoms with Crippen LogP contribution in [0.5, 0.6) is 0 Å². The Morgan fingerprint density at radius 1 is 1.24 bits per heavy atom. The highest BCUT2D eigenvalue weighted by Gasteiger charge is 2.48. The number of fused-ring (bicyclic) bond motifs is 1. The van der Waals surface area contributed by atoms with E-state index >= 15 is 0 Å². The average molecular weight is 286 g/mol. The summed E-state index contributed by atoms with van der Waals surface area (Å²) in [5.41, 5.74) is 0.660. The van der Waals surface area contributed by atoms with Crippen molar-refractivity contribution < 1.29 is 9.59 Å². The fourth-order valence-corrected chi connectivity index (χ4v) is 3.49. The van der Waals surface area contributed by atoms with Gasteiger partial charge in [-0.1, -0.05) is 31.9 Å². The van der Waals surface area contributed by atoms with Crippen molar-refractivity contribution in [1.82, 2.24) is 5.32 Å². The fourth-order valence-electron chi connectivity index (χ4n) is 3.49. The first kappa shape index (κ1) is 14.1. The fraction of sp³-hybridized carbons (Fsp3) is 0.529. The number of carbonyl (C=O) groups excluding carboxylic acids is 2. The van der Waals surface area contributed by atoms with Crippen LogP contribution in [0.3, 0.4) is 0 Å². The third kappa shape index (κ3) is 2.13. The number of nitrogens with one attached hydrogen (secondary N) is 1. The second-order valence-corrected chi connectivity index (χ2v) is 6.19. The summed E-state index contributed by atoms with van der Waals surface area (Å²) in [6.07, 6.45) is 4.36. The lowest BCUT2D eigenvalue weighted by Crippen LogP contribution is -2.57. The van der Waals surface area contributed by atoms with Gasteiger partial charge in [0.25, 0.3) is 11.8 Å².